The molecule has 102 valence electrons. The molecule has 0 bridgehead atoms. The summed E-state index contributed by atoms with van der Waals surface area (Å²) in [5.41, 5.74) is 1.28. The molecule has 1 aromatic carbocycles. The van der Waals surface area contributed by atoms with Crippen molar-refractivity contribution < 1.29 is 0 Å². The van der Waals surface area contributed by atoms with Crippen LogP contribution in [0.15, 0.2) is 35.5 Å². The van der Waals surface area contributed by atoms with E-state index in [0.717, 1.165) is 37.0 Å². The molecule has 2 rings (SSSR count). The summed E-state index contributed by atoms with van der Waals surface area (Å²) in [6.45, 7) is 4.90. The smallest absolute Gasteiger partial charge is 0.209 e. The highest BCUT2D eigenvalue weighted by atomic mass is 32.2. The first-order chi connectivity index (χ1) is 9.40. The van der Waals surface area contributed by atoms with Gasteiger partial charge in [-0.15, -0.1) is 5.10 Å². The van der Waals surface area contributed by atoms with Crippen LogP contribution in [0, 0.1) is 0 Å². The van der Waals surface area contributed by atoms with Gasteiger partial charge in [-0.2, -0.15) is 0 Å². The van der Waals surface area contributed by atoms with E-state index in [1.807, 2.05) is 22.9 Å². The Morgan fingerprint density at radius 1 is 1.21 bits per heavy atom. The molecule has 1 N–H and O–H groups in total. The fourth-order valence-corrected chi connectivity index (χ4v) is 2.51. The van der Waals surface area contributed by atoms with Crippen molar-refractivity contribution >= 4 is 11.8 Å². The third kappa shape index (κ3) is 4.65. The van der Waals surface area contributed by atoms with E-state index in [9.17, 15) is 0 Å². The molecule has 0 saturated heterocycles. The summed E-state index contributed by atoms with van der Waals surface area (Å²) >= 11 is 1.67. The van der Waals surface area contributed by atoms with Crippen molar-refractivity contribution in [2.45, 2.75) is 30.8 Å². The molecule has 0 aliphatic carbocycles. The van der Waals surface area contributed by atoms with E-state index in [1.165, 1.54) is 5.56 Å². The Hall–Kier alpha value is -1.40. The summed E-state index contributed by atoms with van der Waals surface area (Å²) in [5.74, 6) is 0.892. The fraction of sp³-hybridized carbons (Fsp3) is 0.462. The fourth-order valence-electron chi connectivity index (χ4n) is 1.65. The largest absolute Gasteiger partial charge is 0.315 e. The Morgan fingerprint density at radius 2 is 2.05 bits per heavy atom. The zero-order chi connectivity index (χ0) is 13.3. The third-order valence-electron chi connectivity index (χ3n) is 2.64. The van der Waals surface area contributed by atoms with Crippen LogP contribution in [0.25, 0.3) is 0 Å². The van der Waals surface area contributed by atoms with Gasteiger partial charge in [-0.25, -0.2) is 4.68 Å². The molecule has 1 aromatic heterocycles. The second kappa shape index (κ2) is 7.91. The van der Waals surface area contributed by atoms with Crippen molar-refractivity contribution in [2.24, 2.45) is 0 Å². The van der Waals surface area contributed by atoms with E-state index < -0.39 is 0 Å². The molecule has 0 spiro atoms. The van der Waals surface area contributed by atoms with Crippen molar-refractivity contribution in [1.29, 1.82) is 0 Å². The number of tetrazole rings is 1. The molecule has 0 atom stereocenters. The Bertz CT molecular complexity index is 471. The zero-order valence-corrected chi connectivity index (χ0v) is 11.9. The minimum absolute atomic E-state index is 0.810. The molecule has 0 unspecified atom stereocenters. The zero-order valence-electron chi connectivity index (χ0n) is 11.1. The van der Waals surface area contributed by atoms with Crippen LogP contribution < -0.4 is 5.32 Å². The minimum Gasteiger partial charge on any atom is -0.315 e. The van der Waals surface area contributed by atoms with Gasteiger partial charge in [0.1, 0.15) is 0 Å². The van der Waals surface area contributed by atoms with Crippen molar-refractivity contribution in [3.63, 3.8) is 0 Å². The second-order valence-electron chi connectivity index (χ2n) is 4.21. The normalized spacial score (nSPS) is 10.8. The molecule has 0 fully saturated rings. The number of hydrogen-bond acceptors (Lipinski definition) is 5. The quantitative estimate of drug-likeness (QED) is 0.590. The Kier molecular flexibility index (Phi) is 5.84. The molecule has 0 amide bonds. The van der Waals surface area contributed by atoms with Crippen LogP contribution in [0.5, 0.6) is 0 Å². The molecular formula is C13H19N5S. The van der Waals surface area contributed by atoms with Gasteiger partial charge in [-0.05, 0) is 29.0 Å². The number of hydrogen-bond donors (Lipinski definition) is 1. The monoisotopic (exact) mass is 277 g/mol. The van der Waals surface area contributed by atoms with Gasteiger partial charge in [-0.3, -0.25) is 0 Å². The van der Waals surface area contributed by atoms with Crippen LogP contribution in [-0.4, -0.2) is 33.3 Å². The standard InChI is InChI=1S/C13H19N5S/c1-2-8-14-9-10-18-13(15-16-17-18)19-11-12-6-4-3-5-7-12/h3-7,14H,2,8-11H2,1H3. The molecular weight excluding hydrogens is 258 g/mol. The van der Waals surface area contributed by atoms with Crippen molar-refractivity contribution in [2.75, 3.05) is 13.1 Å². The average molecular weight is 277 g/mol. The Labute approximate surface area is 117 Å². The van der Waals surface area contributed by atoms with Crippen LogP contribution in [0.4, 0.5) is 0 Å². The molecule has 2 aromatic rings. The van der Waals surface area contributed by atoms with Gasteiger partial charge >= 0.3 is 0 Å². The van der Waals surface area contributed by atoms with Gasteiger partial charge < -0.3 is 5.32 Å². The summed E-state index contributed by atoms with van der Waals surface area (Å²) in [4.78, 5) is 0. The predicted octanol–water partition coefficient (Wildman–Crippen LogP) is 1.96. The average Bonchev–Trinajstić information content (AvgIpc) is 2.90. The summed E-state index contributed by atoms with van der Waals surface area (Å²) in [7, 11) is 0. The van der Waals surface area contributed by atoms with Gasteiger partial charge in [0.2, 0.25) is 5.16 Å². The highest BCUT2D eigenvalue weighted by Gasteiger charge is 2.06. The lowest BCUT2D eigenvalue weighted by atomic mass is 10.2. The van der Waals surface area contributed by atoms with E-state index in [1.54, 1.807) is 11.8 Å². The van der Waals surface area contributed by atoms with Gasteiger partial charge in [0.15, 0.2) is 0 Å². The predicted molar refractivity (Wildman–Crippen MR) is 77.0 cm³/mol. The number of nitrogens with zero attached hydrogens (tertiary/aromatic N) is 4. The van der Waals surface area contributed by atoms with Gasteiger partial charge in [0.25, 0.3) is 0 Å². The first kappa shape index (κ1) is 14.0. The number of aromatic nitrogens is 4. The van der Waals surface area contributed by atoms with E-state index in [0.29, 0.717) is 0 Å². The maximum Gasteiger partial charge on any atom is 0.209 e. The minimum atomic E-state index is 0.810. The first-order valence-corrected chi connectivity index (χ1v) is 7.52. The molecule has 19 heavy (non-hydrogen) atoms. The molecule has 0 saturated carbocycles. The molecule has 0 aliphatic rings. The van der Waals surface area contributed by atoms with Gasteiger partial charge in [0, 0.05) is 12.3 Å². The second-order valence-corrected chi connectivity index (χ2v) is 5.15. The molecule has 0 radical (unpaired) electrons. The first-order valence-electron chi connectivity index (χ1n) is 6.53. The SMILES string of the molecule is CCCNCCn1nnnc1SCc1ccccc1. The van der Waals surface area contributed by atoms with Gasteiger partial charge in [0.05, 0.1) is 6.54 Å². The van der Waals surface area contributed by atoms with E-state index >= 15 is 0 Å². The molecule has 0 aliphatic heterocycles. The summed E-state index contributed by atoms with van der Waals surface area (Å²) in [5, 5.41) is 16.1. The topological polar surface area (TPSA) is 55.6 Å². The Balaban J connectivity index is 1.82. The molecule has 6 heteroatoms. The lowest BCUT2D eigenvalue weighted by molar-refractivity contribution is 0.510. The van der Waals surface area contributed by atoms with Crippen molar-refractivity contribution in [1.82, 2.24) is 25.5 Å². The maximum atomic E-state index is 4.07. The highest BCUT2D eigenvalue weighted by molar-refractivity contribution is 7.98. The number of nitrogens with one attached hydrogen (secondary N) is 1. The lowest BCUT2D eigenvalue weighted by Gasteiger charge is -2.05. The summed E-state index contributed by atoms with van der Waals surface area (Å²) in [6.07, 6.45) is 1.14. The summed E-state index contributed by atoms with van der Waals surface area (Å²) in [6, 6.07) is 10.4. The third-order valence-corrected chi connectivity index (χ3v) is 3.67. The lowest BCUT2D eigenvalue weighted by Crippen LogP contribution is -2.21. The number of rotatable bonds is 8. The van der Waals surface area contributed by atoms with Crippen molar-refractivity contribution in [3.8, 4) is 0 Å². The van der Waals surface area contributed by atoms with E-state index in [-0.39, 0.29) is 0 Å². The van der Waals surface area contributed by atoms with Crippen LogP contribution in [-0.2, 0) is 12.3 Å². The van der Waals surface area contributed by atoms with Gasteiger partial charge in [-0.1, -0.05) is 49.0 Å². The van der Waals surface area contributed by atoms with Crippen LogP contribution in [0.2, 0.25) is 0 Å². The Morgan fingerprint density at radius 3 is 2.84 bits per heavy atom. The van der Waals surface area contributed by atoms with Crippen LogP contribution >= 0.6 is 11.8 Å². The molecule has 1 heterocycles. The molecule has 5 nitrogen and oxygen atoms in total. The van der Waals surface area contributed by atoms with E-state index in [4.69, 9.17) is 0 Å². The highest BCUT2D eigenvalue weighted by Crippen LogP contribution is 2.19. The van der Waals surface area contributed by atoms with Crippen LogP contribution in [0.1, 0.15) is 18.9 Å². The van der Waals surface area contributed by atoms with Crippen LogP contribution in [0.3, 0.4) is 0 Å². The van der Waals surface area contributed by atoms with E-state index in [2.05, 4.69) is 39.9 Å². The summed E-state index contributed by atoms with van der Waals surface area (Å²) < 4.78 is 1.86. The maximum absolute atomic E-state index is 4.07. The van der Waals surface area contributed by atoms with Crippen molar-refractivity contribution in [3.05, 3.63) is 35.9 Å². The number of benzene rings is 1. The number of thioether (sulfide) groups is 1.